The fourth-order valence-electron chi connectivity index (χ4n) is 8.31. The number of nitrogens with zero attached hydrogens (tertiary/aromatic N) is 1. The molecule has 1 aromatic rings. The predicted octanol–water partition coefficient (Wildman–Crippen LogP) is 7.38. The fourth-order valence-corrected chi connectivity index (χ4v) is 8.69. The molecule has 4 aliphatic rings. The van der Waals surface area contributed by atoms with Gasteiger partial charge in [-0.3, -0.25) is 4.99 Å². The van der Waals surface area contributed by atoms with Crippen LogP contribution in [0.15, 0.2) is 27.7 Å². The normalized spacial score (nSPS) is 44.3. The van der Waals surface area contributed by atoms with Crippen LogP contribution in [0.1, 0.15) is 83.6 Å². The standard InChI is InChI=1S/C26H36BrNO/c1-25-13-4-3-5-18(25)6-8-20-21-9-11-24(26(21,2)14-12-22(20)25)28-16-17-15-19(27)7-10-23(17)29/h7,10,15-16,18,20-22,24,29H,3-6,8-9,11-14H2,1-2H3/t18-,20+,21-,22-,24+,25-,26+/m0/s1. The van der Waals surface area contributed by atoms with E-state index in [2.05, 4.69) is 29.8 Å². The van der Waals surface area contributed by atoms with Crippen LogP contribution in [0.5, 0.6) is 5.75 Å². The number of fused-ring (bicyclic) bond motifs is 5. The molecule has 0 aromatic heterocycles. The van der Waals surface area contributed by atoms with Crippen molar-refractivity contribution in [2.24, 2.45) is 39.5 Å². The van der Waals surface area contributed by atoms with E-state index < -0.39 is 0 Å². The van der Waals surface area contributed by atoms with Crippen molar-refractivity contribution < 1.29 is 5.11 Å². The van der Waals surface area contributed by atoms with E-state index in [1.54, 1.807) is 6.07 Å². The molecule has 0 unspecified atom stereocenters. The van der Waals surface area contributed by atoms with Crippen LogP contribution in [-0.2, 0) is 0 Å². The Labute approximate surface area is 184 Å². The Balaban J connectivity index is 1.37. The molecule has 1 N–H and O–H groups in total. The first-order valence-electron chi connectivity index (χ1n) is 11.9. The molecule has 0 spiro atoms. The van der Waals surface area contributed by atoms with Crippen molar-refractivity contribution in [2.45, 2.75) is 84.1 Å². The van der Waals surface area contributed by atoms with E-state index in [-0.39, 0.29) is 0 Å². The summed E-state index contributed by atoms with van der Waals surface area (Å²) in [6, 6.07) is 6.00. The van der Waals surface area contributed by atoms with Crippen molar-refractivity contribution in [3.8, 4) is 5.75 Å². The van der Waals surface area contributed by atoms with Crippen molar-refractivity contribution in [3.05, 3.63) is 28.2 Å². The highest BCUT2D eigenvalue weighted by Gasteiger charge is 2.59. The molecule has 0 radical (unpaired) electrons. The summed E-state index contributed by atoms with van der Waals surface area (Å²) in [6.07, 6.45) is 16.1. The number of rotatable bonds is 2. The van der Waals surface area contributed by atoms with Gasteiger partial charge in [0.2, 0.25) is 0 Å². The van der Waals surface area contributed by atoms with Crippen LogP contribution in [0.2, 0.25) is 0 Å². The maximum Gasteiger partial charge on any atom is 0.124 e. The van der Waals surface area contributed by atoms with E-state index in [9.17, 15) is 5.11 Å². The second kappa shape index (κ2) is 7.39. The van der Waals surface area contributed by atoms with Gasteiger partial charge in [0, 0.05) is 16.3 Å². The first-order chi connectivity index (χ1) is 13.9. The van der Waals surface area contributed by atoms with Crippen LogP contribution in [0, 0.1) is 34.5 Å². The summed E-state index contributed by atoms with van der Waals surface area (Å²) in [6.45, 7) is 5.20. The summed E-state index contributed by atoms with van der Waals surface area (Å²) in [5.41, 5.74) is 1.79. The Morgan fingerprint density at radius 1 is 0.966 bits per heavy atom. The minimum atomic E-state index is 0.323. The Kier molecular flexibility index (Phi) is 5.12. The van der Waals surface area contributed by atoms with E-state index in [1.165, 1.54) is 64.2 Å². The maximum atomic E-state index is 10.2. The van der Waals surface area contributed by atoms with Gasteiger partial charge < -0.3 is 5.11 Å². The van der Waals surface area contributed by atoms with Crippen LogP contribution in [0.4, 0.5) is 0 Å². The summed E-state index contributed by atoms with van der Waals surface area (Å²) in [7, 11) is 0. The number of hydrogen-bond acceptors (Lipinski definition) is 2. The van der Waals surface area contributed by atoms with E-state index in [1.807, 2.05) is 18.3 Å². The lowest BCUT2D eigenvalue weighted by Gasteiger charge is -2.60. The largest absolute Gasteiger partial charge is 0.507 e. The molecule has 0 heterocycles. The average molecular weight is 458 g/mol. The van der Waals surface area contributed by atoms with Gasteiger partial charge in [-0.1, -0.05) is 42.6 Å². The van der Waals surface area contributed by atoms with Crippen molar-refractivity contribution >= 4 is 22.1 Å². The molecule has 29 heavy (non-hydrogen) atoms. The van der Waals surface area contributed by atoms with Gasteiger partial charge >= 0.3 is 0 Å². The highest BCUT2D eigenvalue weighted by molar-refractivity contribution is 9.10. The Bertz CT molecular complexity index is 806. The number of phenols is 1. The van der Waals surface area contributed by atoms with Crippen molar-refractivity contribution in [1.29, 1.82) is 0 Å². The van der Waals surface area contributed by atoms with Crippen LogP contribution in [0.3, 0.4) is 0 Å². The summed E-state index contributed by atoms with van der Waals surface area (Å²) in [4.78, 5) is 5.08. The van der Waals surface area contributed by atoms with Crippen LogP contribution >= 0.6 is 15.9 Å². The zero-order valence-electron chi connectivity index (χ0n) is 18.0. The molecule has 0 aliphatic heterocycles. The van der Waals surface area contributed by atoms with Crippen LogP contribution in [0.25, 0.3) is 0 Å². The molecular formula is C26H36BrNO. The average Bonchev–Trinajstić information content (AvgIpc) is 3.04. The summed E-state index contributed by atoms with van der Waals surface area (Å²) in [5, 5.41) is 10.2. The molecule has 4 aliphatic carbocycles. The van der Waals surface area contributed by atoms with Gasteiger partial charge in [-0.25, -0.2) is 0 Å². The molecule has 4 saturated carbocycles. The Morgan fingerprint density at radius 2 is 1.79 bits per heavy atom. The maximum absolute atomic E-state index is 10.2. The molecule has 0 saturated heterocycles. The van der Waals surface area contributed by atoms with Gasteiger partial charge in [0.1, 0.15) is 5.75 Å². The Hall–Kier alpha value is -0.830. The second-order valence-corrected chi connectivity index (χ2v) is 11.9. The van der Waals surface area contributed by atoms with Gasteiger partial charge in [0.05, 0.1) is 6.04 Å². The summed E-state index contributed by atoms with van der Waals surface area (Å²) < 4.78 is 0.991. The van der Waals surface area contributed by atoms with E-state index >= 15 is 0 Å². The summed E-state index contributed by atoms with van der Waals surface area (Å²) in [5.74, 6) is 4.05. The minimum absolute atomic E-state index is 0.323. The molecule has 0 amide bonds. The van der Waals surface area contributed by atoms with Gasteiger partial charge in [0.15, 0.2) is 0 Å². The van der Waals surface area contributed by atoms with Gasteiger partial charge in [-0.15, -0.1) is 0 Å². The third kappa shape index (κ3) is 3.22. The number of aliphatic imine (C=N–C) groups is 1. The van der Waals surface area contributed by atoms with Crippen molar-refractivity contribution in [2.75, 3.05) is 0 Å². The zero-order chi connectivity index (χ0) is 20.2. The molecule has 3 heteroatoms. The van der Waals surface area contributed by atoms with Gasteiger partial charge in [-0.2, -0.15) is 0 Å². The highest BCUT2D eigenvalue weighted by Crippen LogP contribution is 2.66. The first kappa shape index (κ1) is 20.1. The first-order valence-corrected chi connectivity index (χ1v) is 12.7. The number of phenolic OH excluding ortho intramolecular Hbond substituents is 1. The topological polar surface area (TPSA) is 32.6 Å². The molecule has 0 bridgehead atoms. The quantitative estimate of drug-likeness (QED) is 0.461. The monoisotopic (exact) mass is 457 g/mol. The molecule has 7 atom stereocenters. The molecule has 1 aromatic carbocycles. The SMILES string of the molecule is C[C@]12CCCC[C@H]1CC[C@H]1[C@@H]2CC[C@@]2(C)[C@H](N=Cc3cc(Br)ccc3O)CC[C@@H]12. The van der Waals surface area contributed by atoms with Gasteiger partial charge in [0.25, 0.3) is 0 Å². The van der Waals surface area contributed by atoms with Crippen LogP contribution < -0.4 is 0 Å². The van der Waals surface area contributed by atoms with Crippen LogP contribution in [-0.4, -0.2) is 17.4 Å². The lowest BCUT2D eigenvalue weighted by atomic mass is 9.45. The number of hydrogen-bond donors (Lipinski definition) is 1. The molecule has 158 valence electrons. The van der Waals surface area contributed by atoms with Crippen molar-refractivity contribution in [3.63, 3.8) is 0 Å². The second-order valence-electron chi connectivity index (χ2n) is 11.0. The molecule has 5 rings (SSSR count). The van der Waals surface area contributed by atoms with E-state index in [4.69, 9.17) is 4.99 Å². The predicted molar refractivity (Wildman–Crippen MR) is 124 cm³/mol. The zero-order valence-corrected chi connectivity index (χ0v) is 19.6. The van der Waals surface area contributed by atoms with Crippen molar-refractivity contribution in [1.82, 2.24) is 0 Å². The van der Waals surface area contributed by atoms with Gasteiger partial charge in [-0.05, 0) is 104 Å². The smallest absolute Gasteiger partial charge is 0.124 e. The lowest BCUT2D eigenvalue weighted by Crippen LogP contribution is -2.53. The highest BCUT2D eigenvalue weighted by atomic mass is 79.9. The third-order valence-corrected chi connectivity index (χ3v) is 10.4. The molecular weight excluding hydrogens is 422 g/mol. The Morgan fingerprint density at radius 3 is 2.66 bits per heavy atom. The third-order valence-electron chi connectivity index (χ3n) is 9.92. The molecule has 2 nitrogen and oxygen atoms in total. The minimum Gasteiger partial charge on any atom is -0.507 e. The van der Waals surface area contributed by atoms with E-state index in [0.29, 0.717) is 22.6 Å². The van der Waals surface area contributed by atoms with E-state index in [0.717, 1.165) is 33.7 Å². The lowest BCUT2D eigenvalue weighted by molar-refractivity contribution is -0.105. The number of benzene rings is 1. The summed E-state index contributed by atoms with van der Waals surface area (Å²) >= 11 is 3.51. The fraction of sp³-hybridized carbons (Fsp3) is 0.731. The number of aromatic hydroxyl groups is 1. The molecule has 4 fully saturated rings. The number of halogens is 1.